The number of hydrogen-bond donors (Lipinski definition) is 1. The predicted octanol–water partition coefficient (Wildman–Crippen LogP) is 0.710. The quantitative estimate of drug-likeness (QED) is 0.761. The Morgan fingerprint density at radius 3 is 2.80 bits per heavy atom. The Balaban J connectivity index is 2.15. The van der Waals surface area contributed by atoms with Crippen LogP contribution in [0.25, 0.3) is 0 Å². The largest absolute Gasteiger partial charge is 0.270 e. The minimum Gasteiger partial charge on any atom is -0.267 e. The van der Waals surface area contributed by atoms with Crippen LogP contribution in [0.1, 0.15) is 10.4 Å². The first-order valence-electron chi connectivity index (χ1n) is 4.03. The molecule has 0 aromatic carbocycles. The number of nitrogens with zero attached hydrogens (tertiary/aromatic N) is 4. The molecule has 0 spiro atoms. The van der Waals surface area contributed by atoms with Crippen LogP contribution in [0.4, 0.5) is 0 Å². The van der Waals surface area contributed by atoms with Crippen molar-refractivity contribution in [3.8, 4) is 0 Å². The normalized spacial score (nSPS) is 9.93. The number of carbonyl (C=O) groups excluding carboxylic acids is 1. The average molecular weight is 224 g/mol. The van der Waals surface area contributed by atoms with Crippen molar-refractivity contribution in [3.63, 3.8) is 0 Å². The molecular formula is C8H6ClN5O. The van der Waals surface area contributed by atoms with Crippen molar-refractivity contribution >= 4 is 17.5 Å². The van der Waals surface area contributed by atoms with Crippen LogP contribution in [0.2, 0.25) is 5.15 Å². The lowest BCUT2D eigenvalue weighted by Gasteiger charge is -2.03. The highest BCUT2D eigenvalue weighted by atomic mass is 35.5. The fourth-order valence-electron chi connectivity index (χ4n) is 0.984. The molecule has 2 rings (SSSR count). The summed E-state index contributed by atoms with van der Waals surface area (Å²) in [5.74, 6) is -0.306. The second-order valence-electron chi connectivity index (χ2n) is 2.68. The van der Waals surface area contributed by atoms with Gasteiger partial charge < -0.3 is 0 Å². The molecule has 0 radical (unpaired) electrons. The topological polar surface area (TPSA) is 72.7 Å². The van der Waals surface area contributed by atoms with Crippen molar-refractivity contribution in [3.05, 3.63) is 41.7 Å². The number of amides is 1. The molecule has 0 saturated heterocycles. The number of halogens is 1. The van der Waals surface area contributed by atoms with Crippen molar-refractivity contribution < 1.29 is 4.79 Å². The van der Waals surface area contributed by atoms with E-state index >= 15 is 0 Å². The maximum atomic E-state index is 11.6. The van der Waals surface area contributed by atoms with E-state index in [-0.39, 0.29) is 11.1 Å². The Morgan fingerprint density at radius 2 is 2.13 bits per heavy atom. The summed E-state index contributed by atoms with van der Waals surface area (Å²) in [6, 6.07) is 3.03. The molecule has 76 valence electrons. The van der Waals surface area contributed by atoms with E-state index in [4.69, 9.17) is 11.6 Å². The lowest BCUT2D eigenvalue weighted by molar-refractivity contribution is 0.101. The minimum absolute atomic E-state index is 0.270. The van der Waals surface area contributed by atoms with Gasteiger partial charge in [-0.05, 0) is 12.1 Å². The van der Waals surface area contributed by atoms with Gasteiger partial charge in [-0.15, -0.1) is 10.2 Å². The third kappa shape index (κ3) is 2.29. The van der Waals surface area contributed by atoms with Crippen LogP contribution in [-0.2, 0) is 0 Å². The van der Waals surface area contributed by atoms with E-state index in [0.717, 1.165) is 0 Å². The number of hydrogen-bond acceptors (Lipinski definition) is 4. The zero-order valence-corrected chi connectivity index (χ0v) is 8.22. The lowest BCUT2D eigenvalue weighted by atomic mass is 10.2. The van der Waals surface area contributed by atoms with Crippen LogP contribution in [-0.4, -0.2) is 25.8 Å². The number of nitrogens with one attached hydrogen (secondary N) is 1. The molecule has 2 heterocycles. The average Bonchev–Trinajstić information content (AvgIpc) is 2.70. The summed E-state index contributed by atoms with van der Waals surface area (Å²) >= 11 is 5.65. The zero-order valence-electron chi connectivity index (χ0n) is 7.46. The van der Waals surface area contributed by atoms with Crippen molar-refractivity contribution in [2.45, 2.75) is 0 Å². The SMILES string of the molecule is O=C(Nn1cnnc1)c1ccnc(Cl)c1. The fourth-order valence-corrected chi connectivity index (χ4v) is 1.16. The molecule has 0 fully saturated rings. The minimum atomic E-state index is -0.306. The molecule has 7 heteroatoms. The van der Waals surface area contributed by atoms with Gasteiger partial charge in [0.1, 0.15) is 17.8 Å². The zero-order chi connectivity index (χ0) is 10.7. The molecule has 0 aliphatic heterocycles. The van der Waals surface area contributed by atoms with Gasteiger partial charge in [-0.25, -0.2) is 9.66 Å². The van der Waals surface area contributed by atoms with Gasteiger partial charge in [0.2, 0.25) is 0 Å². The second-order valence-corrected chi connectivity index (χ2v) is 3.06. The van der Waals surface area contributed by atoms with Gasteiger partial charge in [0.05, 0.1) is 0 Å². The van der Waals surface area contributed by atoms with Crippen molar-refractivity contribution in [2.75, 3.05) is 5.43 Å². The van der Waals surface area contributed by atoms with E-state index < -0.39 is 0 Å². The molecule has 0 atom stereocenters. The van der Waals surface area contributed by atoms with Gasteiger partial charge in [0, 0.05) is 11.8 Å². The van der Waals surface area contributed by atoms with E-state index in [2.05, 4.69) is 20.6 Å². The molecule has 2 aromatic rings. The maximum absolute atomic E-state index is 11.6. The Morgan fingerprint density at radius 1 is 1.40 bits per heavy atom. The lowest BCUT2D eigenvalue weighted by Crippen LogP contribution is -2.21. The molecular weight excluding hydrogens is 218 g/mol. The third-order valence-electron chi connectivity index (χ3n) is 1.64. The van der Waals surface area contributed by atoms with Crippen molar-refractivity contribution in [2.24, 2.45) is 0 Å². The molecule has 1 N–H and O–H groups in total. The van der Waals surface area contributed by atoms with E-state index in [1.165, 1.54) is 29.6 Å². The van der Waals surface area contributed by atoms with Gasteiger partial charge in [0.25, 0.3) is 5.91 Å². The molecule has 0 saturated carbocycles. The molecule has 0 unspecified atom stereocenters. The first-order valence-corrected chi connectivity index (χ1v) is 4.41. The molecule has 0 bridgehead atoms. The number of rotatable bonds is 2. The van der Waals surface area contributed by atoms with Crippen LogP contribution < -0.4 is 5.43 Å². The van der Waals surface area contributed by atoms with Gasteiger partial charge in [-0.2, -0.15) is 0 Å². The Hall–Kier alpha value is -1.95. The second kappa shape index (κ2) is 4.05. The van der Waals surface area contributed by atoms with E-state index in [1.807, 2.05) is 0 Å². The van der Waals surface area contributed by atoms with Crippen LogP contribution in [0, 0.1) is 0 Å². The van der Waals surface area contributed by atoms with Crippen molar-refractivity contribution in [1.82, 2.24) is 19.9 Å². The molecule has 1 amide bonds. The monoisotopic (exact) mass is 223 g/mol. The van der Waals surface area contributed by atoms with Crippen LogP contribution in [0.5, 0.6) is 0 Å². The first kappa shape index (κ1) is 9.60. The van der Waals surface area contributed by atoms with Gasteiger partial charge in [-0.1, -0.05) is 11.6 Å². The first-order chi connectivity index (χ1) is 7.25. The van der Waals surface area contributed by atoms with E-state index in [0.29, 0.717) is 5.56 Å². The van der Waals surface area contributed by atoms with Gasteiger partial charge in [-0.3, -0.25) is 10.2 Å². The standard InChI is InChI=1S/C8H6ClN5O/c9-7-3-6(1-2-10-7)8(15)13-14-4-11-12-5-14/h1-5H,(H,13,15). The summed E-state index contributed by atoms with van der Waals surface area (Å²) in [6.45, 7) is 0. The fraction of sp³-hybridized carbons (Fsp3) is 0. The number of carbonyl (C=O) groups is 1. The van der Waals surface area contributed by atoms with Gasteiger partial charge in [0.15, 0.2) is 0 Å². The highest BCUT2D eigenvalue weighted by Crippen LogP contribution is 2.06. The van der Waals surface area contributed by atoms with Crippen LogP contribution in [0.3, 0.4) is 0 Å². The Labute approximate surface area is 89.9 Å². The third-order valence-corrected chi connectivity index (χ3v) is 1.84. The summed E-state index contributed by atoms with van der Waals surface area (Å²) in [7, 11) is 0. The smallest absolute Gasteiger partial charge is 0.267 e. The number of aromatic nitrogens is 4. The van der Waals surface area contributed by atoms with E-state index in [1.54, 1.807) is 6.07 Å². The summed E-state index contributed by atoms with van der Waals surface area (Å²) in [5, 5.41) is 7.36. The summed E-state index contributed by atoms with van der Waals surface area (Å²) in [6.07, 6.45) is 4.21. The predicted molar refractivity (Wildman–Crippen MR) is 53.0 cm³/mol. The Kier molecular flexibility index (Phi) is 2.59. The summed E-state index contributed by atoms with van der Waals surface area (Å²) in [5.41, 5.74) is 2.95. The maximum Gasteiger partial charge on any atom is 0.270 e. The molecule has 0 aliphatic rings. The van der Waals surface area contributed by atoms with Gasteiger partial charge >= 0.3 is 0 Å². The van der Waals surface area contributed by atoms with Crippen molar-refractivity contribution in [1.29, 1.82) is 0 Å². The highest BCUT2D eigenvalue weighted by Gasteiger charge is 2.06. The molecule has 0 aliphatic carbocycles. The highest BCUT2D eigenvalue weighted by molar-refractivity contribution is 6.29. The van der Waals surface area contributed by atoms with Crippen LogP contribution in [0.15, 0.2) is 31.0 Å². The van der Waals surface area contributed by atoms with E-state index in [9.17, 15) is 4.79 Å². The molecule has 2 aromatic heterocycles. The van der Waals surface area contributed by atoms with Crippen LogP contribution >= 0.6 is 11.6 Å². The summed E-state index contributed by atoms with van der Waals surface area (Å²) < 4.78 is 1.34. The Bertz CT molecular complexity index is 470. The molecule has 6 nitrogen and oxygen atoms in total. The number of pyridine rings is 1. The summed E-state index contributed by atoms with van der Waals surface area (Å²) in [4.78, 5) is 15.4. The molecule has 15 heavy (non-hydrogen) atoms.